The van der Waals surface area contributed by atoms with E-state index in [1.54, 1.807) is 6.92 Å². The second kappa shape index (κ2) is 8.54. The Morgan fingerprint density at radius 2 is 2.00 bits per heavy atom. The molecule has 2 heterocycles. The van der Waals surface area contributed by atoms with Gasteiger partial charge in [0.25, 0.3) is 0 Å². The van der Waals surface area contributed by atoms with Gasteiger partial charge in [-0.3, -0.25) is 0 Å². The van der Waals surface area contributed by atoms with Gasteiger partial charge in [-0.2, -0.15) is 11.8 Å². The molecule has 0 bridgehead atoms. The monoisotopic (exact) mass is 370 g/mol. The number of aromatic nitrogens is 3. The number of thioether (sulfide) groups is 1. The van der Waals surface area contributed by atoms with Crippen molar-refractivity contribution in [2.75, 3.05) is 17.7 Å². The third-order valence-electron chi connectivity index (χ3n) is 4.62. The number of nitrogen functional groups attached to an aromatic ring is 1. The molecule has 0 saturated heterocycles. The molecule has 1 aromatic carbocycles. The summed E-state index contributed by atoms with van der Waals surface area (Å²) in [6.45, 7) is 2.52. The Hall–Kier alpha value is -2.08. The van der Waals surface area contributed by atoms with Crippen LogP contribution in [0.4, 0.5) is 5.82 Å². The lowest BCUT2D eigenvalue weighted by atomic mass is 10.1. The van der Waals surface area contributed by atoms with Crippen molar-refractivity contribution in [3.05, 3.63) is 30.1 Å². The second-order valence-electron chi connectivity index (χ2n) is 6.65. The molecular weight excluding hydrogens is 344 g/mol. The lowest BCUT2D eigenvalue weighted by Gasteiger charge is -2.10. The largest absolute Gasteiger partial charge is 0.382 e. The van der Waals surface area contributed by atoms with Gasteiger partial charge in [-0.05, 0) is 37.8 Å². The fraction of sp³-hybridized carbons (Fsp3) is 0.450. The number of Topliss-reactive ketones (excluding diaryl/α,β-unsaturated/α-hetero) is 1. The minimum atomic E-state index is 0.180. The van der Waals surface area contributed by atoms with Crippen LogP contribution in [0.3, 0.4) is 0 Å². The summed E-state index contributed by atoms with van der Waals surface area (Å²) in [5.74, 6) is 2.77. The Labute approximate surface area is 158 Å². The zero-order chi connectivity index (χ0) is 18.5. The summed E-state index contributed by atoms with van der Waals surface area (Å²) in [7, 11) is 0. The standard InChI is InChI=1S/C20H26N4OS/c1-14(25)10-11-17-23-18-19(24(17)12-6-3-7-13-26-2)15-8-4-5-9-16(15)22-20(18)21/h4-5,8-9H,3,6-7,10-13H2,1-2H3,(H2,21,22). The number of fused-ring (bicyclic) bond motifs is 3. The van der Waals surface area contributed by atoms with Crippen molar-refractivity contribution in [1.29, 1.82) is 0 Å². The maximum Gasteiger partial charge on any atom is 0.152 e. The Morgan fingerprint density at radius 1 is 1.19 bits per heavy atom. The van der Waals surface area contributed by atoms with Gasteiger partial charge in [0.05, 0.1) is 11.0 Å². The number of rotatable bonds is 9. The number of carbonyl (C=O) groups is 1. The SMILES string of the molecule is CSCCCCCn1c(CCC(C)=O)nc2c(N)nc3ccccc3c21. The van der Waals surface area contributed by atoms with Crippen LogP contribution < -0.4 is 5.73 Å². The highest BCUT2D eigenvalue weighted by molar-refractivity contribution is 7.98. The van der Waals surface area contributed by atoms with Crippen LogP contribution in [-0.4, -0.2) is 32.3 Å². The fourth-order valence-corrected chi connectivity index (χ4v) is 3.81. The van der Waals surface area contributed by atoms with Gasteiger partial charge in [-0.15, -0.1) is 0 Å². The molecule has 138 valence electrons. The Kier molecular flexibility index (Phi) is 6.14. The molecule has 2 aromatic heterocycles. The average Bonchev–Trinajstić information content (AvgIpc) is 2.99. The van der Waals surface area contributed by atoms with Crippen molar-refractivity contribution in [3.63, 3.8) is 0 Å². The van der Waals surface area contributed by atoms with Crippen LogP contribution in [0.5, 0.6) is 0 Å². The number of carbonyl (C=O) groups excluding carboxylic acids is 1. The van der Waals surface area contributed by atoms with Gasteiger partial charge >= 0.3 is 0 Å². The van der Waals surface area contributed by atoms with Crippen molar-refractivity contribution in [2.45, 2.75) is 45.6 Å². The predicted molar refractivity (Wildman–Crippen MR) is 111 cm³/mol. The predicted octanol–water partition coefficient (Wildman–Crippen LogP) is 4.22. The molecule has 6 heteroatoms. The van der Waals surface area contributed by atoms with E-state index in [4.69, 9.17) is 10.7 Å². The molecule has 3 rings (SSSR count). The summed E-state index contributed by atoms with van der Waals surface area (Å²) >= 11 is 1.89. The van der Waals surface area contributed by atoms with Crippen molar-refractivity contribution < 1.29 is 4.79 Å². The van der Waals surface area contributed by atoms with Crippen molar-refractivity contribution in [2.24, 2.45) is 0 Å². The summed E-state index contributed by atoms with van der Waals surface area (Å²) in [4.78, 5) is 20.8. The van der Waals surface area contributed by atoms with E-state index in [9.17, 15) is 4.79 Å². The molecule has 0 radical (unpaired) electrons. The molecule has 3 aromatic rings. The first-order chi connectivity index (χ1) is 12.6. The van der Waals surface area contributed by atoms with Crippen molar-refractivity contribution in [1.82, 2.24) is 14.5 Å². The van der Waals surface area contributed by atoms with Gasteiger partial charge in [-0.1, -0.05) is 24.6 Å². The summed E-state index contributed by atoms with van der Waals surface area (Å²) < 4.78 is 2.26. The smallest absolute Gasteiger partial charge is 0.152 e. The van der Waals surface area contributed by atoms with Crippen molar-refractivity contribution in [3.8, 4) is 0 Å². The molecule has 0 unspecified atom stereocenters. The Balaban J connectivity index is 2.03. The Bertz CT molecular complexity index is 919. The Morgan fingerprint density at radius 3 is 2.77 bits per heavy atom. The summed E-state index contributed by atoms with van der Waals surface area (Å²) in [6.07, 6.45) is 6.79. The van der Waals surface area contributed by atoms with Gasteiger partial charge in [0, 0.05) is 24.8 Å². The molecule has 0 atom stereocenters. The number of benzene rings is 1. The molecule has 0 saturated carbocycles. The van der Waals surface area contributed by atoms with Crippen molar-refractivity contribution >= 4 is 45.3 Å². The second-order valence-corrected chi connectivity index (χ2v) is 7.63. The normalized spacial score (nSPS) is 11.5. The van der Waals surface area contributed by atoms with E-state index in [2.05, 4.69) is 21.9 Å². The quantitative estimate of drug-likeness (QED) is 0.571. The van der Waals surface area contributed by atoms with E-state index in [0.717, 1.165) is 40.7 Å². The summed E-state index contributed by atoms with van der Waals surface area (Å²) in [6, 6.07) is 8.05. The van der Waals surface area contributed by atoms with Crippen LogP contribution in [0.2, 0.25) is 0 Å². The van der Waals surface area contributed by atoms with E-state index in [0.29, 0.717) is 18.7 Å². The maximum absolute atomic E-state index is 11.5. The zero-order valence-corrected chi connectivity index (χ0v) is 16.3. The molecule has 0 spiro atoms. The van der Waals surface area contributed by atoms with Gasteiger partial charge in [0.2, 0.25) is 0 Å². The highest BCUT2D eigenvalue weighted by atomic mass is 32.2. The van der Waals surface area contributed by atoms with Crippen LogP contribution in [0, 0.1) is 0 Å². The van der Waals surface area contributed by atoms with Crippen LogP contribution in [0.25, 0.3) is 21.9 Å². The molecule has 2 N–H and O–H groups in total. The lowest BCUT2D eigenvalue weighted by Crippen LogP contribution is -2.06. The number of aryl methyl sites for hydroxylation is 2. The van der Waals surface area contributed by atoms with E-state index >= 15 is 0 Å². The van der Waals surface area contributed by atoms with Gasteiger partial charge in [0.15, 0.2) is 5.82 Å². The lowest BCUT2D eigenvalue weighted by molar-refractivity contribution is -0.117. The topological polar surface area (TPSA) is 73.8 Å². The van der Waals surface area contributed by atoms with E-state index in [1.807, 2.05) is 30.0 Å². The third kappa shape index (κ3) is 4.01. The number of hydrogen-bond acceptors (Lipinski definition) is 5. The average molecular weight is 371 g/mol. The summed E-state index contributed by atoms with van der Waals surface area (Å²) in [5.41, 5.74) is 8.89. The zero-order valence-electron chi connectivity index (χ0n) is 15.5. The van der Waals surface area contributed by atoms with Crippen LogP contribution in [0.1, 0.15) is 38.4 Å². The number of ketones is 1. The van der Waals surface area contributed by atoms with Crippen LogP contribution in [-0.2, 0) is 17.8 Å². The molecule has 0 aliphatic rings. The molecule has 0 aliphatic carbocycles. The molecule has 0 fully saturated rings. The van der Waals surface area contributed by atoms with E-state index < -0.39 is 0 Å². The number of unbranched alkanes of at least 4 members (excludes halogenated alkanes) is 2. The molecular formula is C20H26N4OS. The molecule has 26 heavy (non-hydrogen) atoms. The van der Waals surface area contributed by atoms with Crippen LogP contribution in [0.15, 0.2) is 24.3 Å². The number of nitrogens with zero attached hydrogens (tertiary/aromatic N) is 3. The van der Waals surface area contributed by atoms with E-state index in [1.165, 1.54) is 18.6 Å². The number of anilines is 1. The first-order valence-corrected chi connectivity index (χ1v) is 10.5. The first-order valence-electron chi connectivity index (χ1n) is 9.13. The number of imidazole rings is 1. The number of nitrogens with two attached hydrogens (primary N) is 1. The van der Waals surface area contributed by atoms with E-state index in [-0.39, 0.29) is 5.78 Å². The number of pyridine rings is 1. The fourth-order valence-electron chi connectivity index (χ4n) is 3.32. The minimum absolute atomic E-state index is 0.180. The van der Waals surface area contributed by atoms with Gasteiger partial charge < -0.3 is 15.1 Å². The molecule has 0 aliphatic heterocycles. The van der Waals surface area contributed by atoms with Gasteiger partial charge in [-0.25, -0.2) is 9.97 Å². The highest BCUT2D eigenvalue weighted by Crippen LogP contribution is 2.29. The summed E-state index contributed by atoms with van der Waals surface area (Å²) in [5, 5.41) is 1.07. The van der Waals surface area contributed by atoms with Crippen LogP contribution >= 0.6 is 11.8 Å². The molecule has 5 nitrogen and oxygen atoms in total. The third-order valence-corrected chi connectivity index (χ3v) is 5.32. The highest BCUT2D eigenvalue weighted by Gasteiger charge is 2.17. The number of para-hydroxylation sites is 1. The van der Waals surface area contributed by atoms with Gasteiger partial charge in [0.1, 0.15) is 17.1 Å². The minimum Gasteiger partial charge on any atom is -0.382 e. The molecule has 0 amide bonds. The first kappa shape index (κ1) is 18.7. The number of hydrogen-bond donors (Lipinski definition) is 1. The maximum atomic E-state index is 11.5.